The Hall–Kier alpha value is -0.613. The Morgan fingerprint density at radius 3 is 1.90 bits per heavy atom. The van der Waals surface area contributed by atoms with E-state index >= 15 is 0 Å². The average Bonchev–Trinajstić information content (AvgIpc) is 2.71. The molecule has 1 fully saturated rings. The van der Waals surface area contributed by atoms with Gasteiger partial charge in [0.05, 0.1) is 16.8 Å². The first-order chi connectivity index (χ1) is 14.1. The molecule has 0 radical (unpaired) electrons. The summed E-state index contributed by atoms with van der Waals surface area (Å²) in [5, 5.41) is 0. The molecular formula is C25H48O3Si. The van der Waals surface area contributed by atoms with Gasteiger partial charge in [-0.3, -0.25) is 0 Å². The summed E-state index contributed by atoms with van der Waals surface area (Å²) in [5.74, 6) is -0.188. The summed E-state index contributed by atoms with van der Waals surface area (Å²) in [6.07, 6.45) is 25.3. The summed E-state index contributed by atoms with van der Waals surface area (Å²) >= 11 is 0. The molecule has 1 unspecified atom stereocenters. The second-order valence-electron chi connectivity index (χ2n) is 9.10. The van der Waals surface area contributed by atoms with Gasteiger partial charge in [0.1, 0.15) is 0 Å². The first kappa shape index (κ1) is 26.4. The van der Waals surface area contributed by atoms with Gasteiger partial charge in [-0.05, 0) is 32.6 Å². The van der Waals surface area contributed by atoms with Crippen molar-refractivity contribution in [3.05, 3.63) is 11.6 Å². The van der Waals surface area contributed by atoms with Gasteiger partial charge in [0, 0.05) is 12.0 Å². The molecule has 1 aliphatic rings. The summed E-state index contributed by atoms with van der Waals surface area (Å²) in [6.45, 7) is 4.88. The minimum Gasteiger partial charge on any atom is -0.435 e. The van der Waals surface area contributed by atoms with E-state index in [-0.39, 0.29) is 5.97 Å². The van der Waals surface area contributed by atoms with Crippen molar-refractivity contribution >= 4 is 16.2 Å². The largest absolute Gasteiger partial charge is 0.435 e. The van der Waals surface area contributed by atoms with Crippen molar-refractivity contribution in [3.8, 4) is 0 Å². The second kappa shape index (κ2) is 17.1. The fourth-order valence-electron chi connectivity index (χ4n) is 4.01. The fraction of sp³-hybridized carbons (Fsp3) is 0.880. The van der Waals surface area contributed by atoms with Gasteiger partial charge in [0.25, 0.3) is 0 Å². The fourth-order valence-corrected chi connectivity index (χ4v) is 4.75. The van der Waals surface area contributed by atoms with E-state index in [9.17, 15) is 4.79 Å². The summed E-state index contributed by atoms with van der Waals surface area (Å²) in [4.78, 5) is 12.2. The monoisotopic (exact) mass is 424 g/mol. The lowest BCUT2D eigenvalue weighted by molar-refractivity contribution is -0.202. The Morgan fingerprint density at radius 1 is 0.897 bits per heavy atom. The van der Waals surface area contributed by atoms with E-state index in [2.05, 4.69) is 13.0 Å². The molecule has 1 heterocycles. The maximum Gasteiger partial charge on any atom is 0.335 e. The Bertz CT molecular complexity index is 441. The zero-order valence-corrected chi connectivity index (χ0v) is 21.7. The molecule has 0 saturated carbocycles. The molecule has 3 nitrogen and oxygen atoms in total. The highest BCUT2D eigenvalue weighted by atomic mass is 28.1. The van der Waals surface area contributed by atoms with Gasteiger partial charge in [-0.25, -0.2) is 4.79 Å². The van der Waals surface area contributed by atoms with Crippen molar-refractivity contribution in [2.45, 2.75) is 135 Å². The van der Waals surface area contributed by atoms with E-state index in [1.165, 1.54) is 89.9 Å². The van der Waals surface area contributed by atoms with Crippen molar-refractivity contribution in [1.29, 1.82) is 0 Å². The van der Waals surface area contributed by atoms with Crippen molar-refractivity contribution < 1.29 is 14.3 Å². The number of carbonyl (C=O) groups excluding carboxylic acids is 1. The van der Waals surface area contributed by atoms with Crippen LogP contribution in [0.15, 0.2) is 11.6 Å². The summed E-state index contributed by atoms with van der Waals surface area (Å²) in [6, 6.07) is 0. The molecule has 0 aromatic rings. The normalized spacial score (nSPS) is 20.1. The maximum absolute atomic E-state index is 12.2. The lowest BCUT2D eigenvalue weighted by Gasteiger charge is -2.33. The third-order valence-electron chi connectivity index (χ3n) is 6.07. The number of hydrogen-bond donors (Lipinski definition) is 0. The van der Waals surface area contributed by atoms with Crippen LogP contribution in [0.1, 0.15) is 129 Å². The zero-order valence-electron chi connectivity index (χ0n) is 19.7. The molecule has 0 aromatic carbocycles. The number of unbranched alkanes of at least 4 members (excludes halogenated alkanes) is 14. The molecule has 0 N–H and O–H groups in total. The van der Waals surface area contributed by atoms with E-state index < -0.39 is 5.41 Å². The molecule has 0 bridgehead atoms. The standard InChI is InChI=1S/C25H48O3Si/c1-3-4-5-6-7-8-9-10-11-12-13-14-15-16-17-20-23(2)24(26)28-25(29)21-18-19-22-27-25/h20H,3-19,21-22H2,1-2,29H3. The topological polar surface area (TPSA) is 35.5 Å². The minimum atomic E-state index is -0.584. The quantitative estimate of drug-likeness (QED) is 0.115. The highest BCUT2D eigenvalue weighted by molar-refractivity contribution is 6.14. The Balaban J connectivity index is 1.92. The van der Waals surface area contributed by atoms with Crippen LogP contribution in [0.3, 0.4) is 0 Å². The molecule has 1 aliphatic heterocycles. The van der Waals surface area contributed by atoms with Crippen LogP contribution in [-0.2, 0) is 14.3 Å². The van der Waals surface area contributed by atoms with Gasteiger partial charge in [-0.1, -0.05) is 96.5 Å². The summed E-state index contributed by atoms with van der Waals surface area (Å²) in [7, 11) is 0.738. The molecule has 170 valence electrons. The van der Waals surface area contributed by atoms with Gasteiger partial charge >= 0.3 is 5.97 Å². The van der Waals surface area contributed by atoms with Gasteiger partial charge in [-0.2, -0.15) is 0 Å². The zero-order chi connectivity index (χ0) is 21.2. The van der Waals surface area contributed by atoms with Crippen LogP contribution in [-0.4, -0.2) is 28.2 Å². The number of ether oxygens (including phenoxy) is 2. The van der Waals surface area contributed by atoms with Gasteiger partial charge in [-0.15, -0.1) is 0 Å². The van der Waals surface area contributed by atoms with Crippen LogP contribution >= 0.6 is 0 Å². The van der Waals surface area contributed by atoms with Crippen molar-refractivity contribution in [1.82, 2.24) is 0 Å². The third kappa shape index (κ3) is 14.1. The first-order valence-corrected chi connectivity index (χ1v) is 13.6. The van der Waals surface area contributed by atoms with E-state index in [0.29, 0.717) is 0 Å². The SMILES string of the molecule is CCCCCCCCCCCCCCCCC=C(C)C(=O)OC1([SiH3])CCCCO1. The van der Waals surface area contributed by atoms with Crippen LogP contribution in [0.2, 0.25) is 0 Å². The molecule has 1 rings (SSSR count). The Labute approximate surface area is 183 Å². The van der Waals surface area contributed by atoms with Crippen molar-refractivity contribution in [3.63, 3.8) is 0 Å². The van der Waals surface area contributed by atoms with Crippen LogP contribution in [0.4, 0.5) is 0 Å². The van der Waals surface area contributed by atoms with E-state index in [1.807, 2.05) is 6.92 Å². The highest BCUT2D eigenvalue weighted by Crippen LogP contribution is 2.24. The smallest absolute Gasteiger partial charge is 0.335 e. The molecule has 4 heteroatoms. The minimum absolute atomic E-state index is 0.188. The Morgan fingerprint density at radius 2 is 1.41 bits per heavy atom. The molecule has 0 amide bonds. The molecule has 29 heavy (non-hydrogen) atoms. The van der Waals surface area contributed by atoms with Crippen LogP contribution in [0.5, 0.6) is 0 Å². The maximum atomic E-state index is 12.2. The third-order valence-corrected chi connectivity index (χ3v) is 7.06. The molecule has 0 spiro atoms. The lowest BCUT2D eigenvalue weighted by atomic mass is 10.0. The molecule has 1 atom stereocenters. The summed E-state index contributed by atoms with van der Waals surface area (Å²) < 4.78 is 11.4. The van der Waals surface area contributed by atoms with E-state index in [1.54, 1.807) is 0 Å². The number of hydrogen-bond acceptors (Lipinski definition) is 3. The first-order valence-electron chi connectivity index (χ1n) is 12.6. The molecule has 0 aromatic heterocycles. The van der Waals surface area contributed by atoms with Gasteiger partial charge in [0.15, 0.2) is 5.41 Å². The van der Waals surface area contributed by atoms with E-state index in [0.717, 1.165) is 48.1 Å². The van der Waals surface area contributed by atoms with Gasteiger partial charge < -0.3 is 9.47 Å². The van der Waals surface area contributed by atoms with Gasteiger partial charge in [0.2, 0.25) is 0 Å². The van der Waals surface area contributed by atoms with Crippen molar-refractivity contribution in [2.75, 3.05) is 6.61 Å². The summed E-state index contributed by atoms with van der Waals surface area (Å²) in [5.41, 5.74) is 0.156. The number of rotatable bonds is 17. The average molecular weight is 425 g/mol. The van der Waals surface area contributed by atoms with Crippen LogP contribution in [0, 0.1) is 0 Å². The predicted octanol–water partition coefficient (Wildman–Crippen LogP) is 6.57. The predicted molar refractivity (Wildman–Crippen MR) is 127 cm³/mol. The van der Waals surface area contributed by atoms with Crippen LogP contribution in [0.25, 0.3) is 0 Å². The van der Waals surface area contributed by atoms with E-state index in [4.69, 9.17) is 9.47 Å². The Kier molecular flexibility index (Phi) is 15.6. The van der Waals surface area contributed by atoms with Crippen molar-refractivity contribution in [2.24, 2.45) is 0 Å². The molecule has 1 saturated heterocycles. The molecular weight excluding hydrogens is 376 g/mol. The molecule has 0 aliphatic carbocycles. The second-order valence-corrected chi connectivity index (χ2v) is 10.6. The highest BCUT2D eigenvalue weighted by Gasteiger charge is 2.31. The number of carbonyl (C=O) groups is 1. The van der Waals surface area contributed by atoms with Crippen LogP contribution < -0.4 is 0 Å². The lowest BCUT2D eigenvalue weighted by Crippen LogP contribution is -2.41. The number of esters is 1. The number of allylic oxidation sites excluding steroid dienone is 1.